The highest BCUT2D eigenvalue weighted by Crippen LogP contribution is 2.56. The summed E-state index contributed by atoms with van der Waals surface area (Å²) in [5.41, 5.74) is 1.41. The largest absolute Gasteiger partial charge is 0.367 e. The summed E-state index contributed by atoms with van der Waals surface area (Å²) in [5.74, 6) is 0. The molecule has 2 atom stereocenters. The first kappa shape index (κ1) is 12.2. The minimum Gasteiger partial charge on any atom is -0.367 e. The predicted molar refractivity (Wildman–Crippen MR) is 78.8 cm³/mol. The van der Waals surface area contributed by atoms with E-state index < -0.39 is 8.07 Å². The lowest BCUT2D eigenvalue weighted by Crippen LogP contribution is -2.61. The Morgan fingerprint density at radius 3 is 2.33 bits per heavy atom. The van der Waals surface area contributed by atoms with Crippen molar-refractivity contribution < 1.29 is 4.74 Å². The van der Waals surface area contributed by atoms with Crippen LogP contribution in [0.25, 0.3) is 0 Å². The maximum atomic E-state index is 6.54. The summed E-state index contributed by atoms with van der Waals surface area (Å²) in [5, 5.41) is 1.46. The van der Waals surface area contributed by atoms with E-state index in [9.17, 15) is 0 Å². The predicted octanol–water partition coefficient (Wildman–Crippen LogP) is 3.41. The molecule has 0 aromatic heterocycles. The average Bonchev–Trinajstić information content (AvgIpc) is 2.82. The first-order valence-corrected chi connectivity index (χ1v) is 9.84. The van der Waals surface area contributed by atoms with Crippen molar-refractivity contribution >= 4 is 13.3 Å². The molecule has 2 heterocycles. The van der Waals surface area contributed by atoms with Crippen LogP contribution in [0.4, 0.5) is 0 Å². The van der Waals surface area contributed by atoms with Crippen molar-refractivity contribution in [1.82, 2.24) is 0 Å². The lowest BCUT2D eigenvalue weighted by atomic mass is 9.87. The molecule has 0 unspecified atom stereocenters. The zero-order valence-electron chi connectivity index (χ0n) is 11.6. The van der Waals surface area contributed by atoms with Crippen LogP contribution in [-0.2, 0) is 4.74 Å². The molecule has 1 aromatic rings. The summed E-state index contributed by atoms with van der Waals surface area (Å²) in [6.45, 7) is 11.5. The van der Waals surface area contributed by atoms with Gasteiger partial charge in [-0.25, -0.2) is 0 Å². The molecule has 0 amide bonds. The molecular weight excluding hydrogens is 236 g/mol. The molecule has 2 heteroatoms. The molecule has 0 saturated carbocycles. The quantitative estimate of drug-likeness (QED) is 0.583. The Bertz CT molecular complexity index is 493. The van der Waals surface area contributed by atoms with Gasteiger partial charge in [-0.3, -0.25) is 0 Å². The number of rotatable bonds is 2. The third-order valence-electron chi connectivity index (χ3n) is 5.09. The van der Waals surface area contributed by atoms with Gasteiger partial charge in [-0.05, 0) is 31.8 Å². The van der Waals surface area contributed by atoms with Crippen LogP contribution in [0.3, 0.4) is 0 Å². The van der Waals surface area contributed by atoms with Crippen LogP contribution in [0.2, 0.25) is 13.1 Å². The molecule has 96 valence electrons. The fourth-order valence-corrected chi connectivity index (χ4v) is 7.62. The van der Waals surface area contributed by atoms with Crippen molar-refractivity contribution in [1.29, 1.82) is 0 Å². The van der Waals surface area contributed by atoms with E-state index in [1.54, 1.807) is 0 Å². The van der Waals surface area contributed by atoms with Gasteiger partial charge in [0.2, 0.25) is 0 Å². The van der Waals surface area contributed by atoms with Crippen LogP contribution in [0, 0.1) is 0 Å². The topological polar surface area (TPSA) is 9.23 Å². The molecule has 2 saturated heterocycles. The fourth-order valence-electron chi connectivity index (χ4n) is 3.90. The molecule has 3 rings (SSSR count). The zero-order valence-corrected chi connectivity index (χ0v) is 12.6. The van der Waals surface area contributed by atoms with E-state index in [2.05, 4.69) is 56.9 Å². The number of hydrogen-bond donors (Lipinski definition) is 0. The van der Waals surface area contributed by atoms with E-state index in [4.69, 9.17) is 4.74 Å². The van der Waals surface area contributed by atoms with Gasteiger partial charge >= 0.3 is 0 Å². The second-order valence-corrected chi connectivity index (χ2v) is 11.3. The monoisotopic (exact) mass is 258 g/mol. The Balaban J connectivity index is 2.07. The summed E-state index contributed by atoms with van der Waals surface area (Å²) in [4.78, 5) is 0. The SMILES string of the molecule is C=C1C[C@]2(C)CC[C@@]1([Si](C)(C)c1ccccc1)O2. The maximum Gasteiger partial charge on any atom is 0.122 e. The van der Waals surface area contributed by atoms with Crippen molar-refractivity contribution in [3.8, 4) is 0 Å². The molecule has 2 bridgehead atoms. The molecule has 0 N–H and O–H groups in total. The molecule has 2 fully saturated rings. The smallest absolute Gasteiger partial charge is 0.122 e. The third kappa shape index (κ3) is 1.42. The van der Waals surface area contributed by atoms with E-state index in [0.717, 1.165) is 12.8 Å². The summed E-state index contributed by atoms with van der Waals surface area (Å²) < 4.78 is 6.54. The zero-order chi connectivity index (χ0) is 13.0. The molecule has 0 spiro atoms. The van der Waals surface area contributed by atoms with E-state index >= 15 is 0 Å². The number of hydrogen-bond acceptors (Lipinski definition) is 1. The Morgan fingerprint density at radius 1 is 1.17 bits per heavy atom. The van der Waals surface area contributed by atoms with Gasteiger partial charge in [0.15, 0.2) is 0 Å². The van der Waals surface area contributed by atoms with Crippen molar-refractivity contribution in [2.45, 2.75) is 50.1 Å². The minimum atomic E-state index is -1.69. The van der Waals surface area contributed by atoms with Gasteiger partial charge in [0.1, 0.15) is 8.07 Å². The second-order valence-electron chi connectivity index (χ2n) is 6.65. The first-order valence-electron chi connectivity index (χ1n) is 6.84. The van der Waals surface area contributed by atoms with Crippen molar-refractivity contribution in [2.24, 2.45) is 0 Å². The van der Waals surface area contributed by atoms with E-state index in [-0.39, 0.29) is 10.8 Å². The normalized spacial score (nSPS) is 35.2. The van der Waals surface area contributed by atoms with E-state index in [0.29, 0.717) is 0 Å². The molecule has 0 radical (unpaired) electrons. The van der Waals surface area contributed by atoms with Crippen molar-refractivity contribution in [3.05, 3.63) is 42.5 Å². The lowest BCUT2D eigenvalue weighted by molar-refractivity contribution is 0.00691. The Hall–Kier alpha value is -0.863. The minimum absolute atomic E-state index is 0.0247. The molecule has 2 aliphatic heterocycles. The van der Waals surface area contributed by atoms with E-state index in [1.165, 1.54) is 17.2 Å². The molecule has 1 nitrogen and oxygen atoms in total. The first-order chi connectivity index (χ1) is 8.40. The Morgan fingerprint density at radius 2 is 1.83 bits per heavy atom. The molecule has 2 aliphatic rings. The van der Waals surface area contributed by atoms with Gasteiger partial charge in [-0.2, -0.15) is 0 Å². The average molecular weight is 258 g/mol. The highest BCUT2D eigenvalue weighted by Gasteiger charge is 2.63. The van der Waals surface area contributed by atoms with Gasteiger partial charge in [0.05, 0.1) is 10.8 Å². The fraction of sp³-hybridized carbons (Fsp3) is 0.500. The van der Waals surface area contributed by atoms with Crippen LogP contribution in [0.1, 0.15) is 26.2 Å². The maximum absolute atomic E-state index is 6.54. The molecule has 1 aromatic carbocycles. The van der Waals surface area contributed by atoms with Gasteiger partial charge in [-0.1, -0.05) is 55.2 Å². The van der Waals surface area contributed by atoms with Crippen molar-refractivity contribution in [3.63, 3.8) is 0 Å². The third-order valence-corrected chi connectivity index (χ3v) is 9.59. The number of fused-ring (bicyclic) bond motifs is 2. The summed E-state index contributed by atoms with van der Waals surface area (Å²) >= 11 is 0. The molecule has 18 heavy (non-hydrogen) atoms. The van der Waals surface area contributed by atoms with E-state index in [1.807, 2.05) is 0 Å². The molecule has 0 aliphatic carbocycles. The molecular formula is C16H22OSi. The van der Waals surface area contributed by atoms with Crippen LogP contribution in [0.5, 0.6) is 0 Å². The summed E-state index contributed by atoms with van der Waals surface area (Å²) in [6, 6.07) is 10.9. The van der Waals surface area contributed by atoms with Gasteiger partial charge in [0.25, 0.3) is 0 Å². The standard InChI is InChI=1S/C16H22OSi/c1-13-12-15(2)10-11-16(13,17-15)18(3,4)14-8-6-5-7-9-14/h5-9H,1,10-12H2,2-4H3/t15-,16-/m0/s1. The number of benzene rings is 1. The highest BCUT2D eigenvalue weighted by molar-refractivity contribution is 6.92. The van der Waals surface area contributed by atoms with Crippen LogP contribution in [-0.4, -0.2) is 18.9 Å². The Labute approximate surface area is 111 Å². The van der Waals surface area contributed by atoms with Crippen LogP contribution >= 0.6 is 0 Å². The van der Waals surface area contributed by atoms with Gasteiger partial charge in [0, 0.05) is 0 Å². The van der Waals surface area contributed by atoms with Gasteiger partial charge < -0.3 is 4.74 Å². The second kappa shape index (κ2) is 3.58. The Kier molecular flexibility index (Phi) is 2.42. The van der Waals surface area contributed by atoms with Crippen LogP contribution in [0.15, 0.2) is 42.5 Å². The van der Waals surface area contributed by atoms with Gasteiger partial charge in [-0.15, -0.1) is 0 Å². The summed E-state index contributed by atoms with van der Waals surface area (Å²) in [7, 11) is -1.69. The lowest BCUT2D eigenvalue weighted by Gasteiger charge is -2.41. The highest BCUT2D eigenvalue weighted by atomic mass is 28.3. The number of ether oxygens (including phenoxy) is 1. The summed E-state index contributed by atoms with van der Waals surface area (Å²) in [6.07, 6.45) is 3.40. The van der Waals surface area contributed by atoms with Crippen molar-refractivity contribution in [2.75, 3.05) is 0 Å². The van der Waals surface area contributed by atoms with Crippen LogP contribution < -0.4 is 5.19 Å².